The molecule has 8 nitrogen and oxygen atoms in total. The largest absolute Gasteiger partial charge is 0.497 e. The standard InChI is InChI=1S/C27H26N4O4S2/c1-27(2)13-19-21(14-35-27)37-24-22(19)23(33)30(17-9-11-18(34-3)12-10-17)25-28-29-26(31(24)25)36-15-20(32)16-7-5-4-6-8-16/h4-12,25,28H,13-15H2,1-3H3. The van der Waals surface area contributed by atoms with Gasteiger partial charge in [-0.05, 0) is 43.7 Å². The van der Waals surface area contributed by atoms with Crippen LogP contribution in [0.25, 0.3) is 0 Å². The van der Waals surface area contributed by atoms with Crippen molar-refractivity contribution >= 4 is 50.6 Å². The van der Waals surface area contributed by atoms with Crippen LogP contribution in [0.4, 0.5) is 10.7 Å². The number of amides is 1. The minimum Gasteiger partial charge on any atom is -0.497 e. The molecule has 6 rings (SSSR count). The van der Waals surface area contributed by atoms with Gasteiger partial charge >= 0.3 is 0 Å². The lowest BCUT2D eigenvalue weighted by Crippen LogP contribution is -2.58. The first kappa shape index (κ1) is 24.0. The molecular weight excluding hydrogens is 508 g/mol. The van der Waals surface area contributed by atoms with Crippen LogP contribution in [0.1, 0.15) is 45.0 Å². The van der Waals surface area contributed by atoms with Crippen LogP contribution in [-0.4, -0.2) is 41.6 Å². The molecule has 1 amide bonds. The molecule has 3 aliphatic heterocycles. The van der Waals surface area contributed by atoms with E-state index >= 15 is 0 Å². The van der Waals surface area contributed by atoms with E-state index in [1.54, 1.807) is 23.3 Å². The number of nitrogens with one attached hydrogen (secondary N) is 1. The van der Waals surface area contributed by atoms with E-state index in [1.807, 2.05) is 73.3 Å². The number of thioether (sulfide) groups is 1. The fourth-order valence-corrected chi connectivity index (χ4v) is 6.98. The molecule has 37 heavy (non-hydrogen) atoms. The molecule has 0 fully saturated rings. The van der Waals surface area contributed by atoms with Gasteiger partial charge in [-0.1, -0.05) is 42.1 Å². The maximum absolute atomic E-state index is 14.1. The summed E-state index contributed by atoms with van der Waals surface area (Å²) < 4.78 is 11.4. The van der Waals surface area contributed by atoms with Gasteiger partial charge in [-0.3, -0.25) is 24.8 Å². The molecule has 3 aromatic rings. The number of carbonyl (C=O) groups is 2. The Morgan fingerprint density at radius 3 is 2.68 bits per heavy atom. The molecule has 0 radical (unpaired) electrons. The van der Waals surface area contributed by atoms with Crippen LogP contribution in [-0.2, 0) is 17.8 Å². The molecule has 0 spiro atoms. The van der Waals surface area contributed by atoms with Gasteiger partial charge in [0.1, 0.15) is 10.8 Å². The van der Waals surface area contributed by atoms with Gasteiger partial charge in [0.25, 0.3) is 5.91 Å². The number of carbonyl (C=O) groups excluding carboxylic acids is 2. The molecule has 1 unspecified atom stereocenters. The van der Waals surface area contributed by atoms with Crippen molar-refractivity contribution in [1.82, 2.24) is 5.43 Å². The minimum absolute atomic E-state index is 0.0256. The minimum atomic E-state index is -0.545. The molecule has 10 heteroatoms. The number of fused-ring (bicyclic) bond motifs is 5. The number of Topliss-reactive ketones (excluding diaryl/α,β-unsaturated/α-hetero) is 1. The Bertz CT molecular complexity index is 1400. The summed E-state index contributed by atoms with van der Waals surface area (Å²) in [4.78, 5) is 31.8. The zero-order valence-electron chi connectivity index (χ0n) is 20.7. The van der Waals surface area contributed by atoms with Crippen molar-refractivity contribution in [1.29, 1.82) is 0 Å². The van der Waals surface area contributed by atoms with Gasteiger partial charge in [0.15, 0.2) is 11.0 Å². The zero-order valence-corrected chi connectivity index (χ0v) is 22.3. The second kappa shape index (κ2) is 9.20. The molecule has 190 valence electrons. The molecule has 1 N–H and O–H groups in total. The highest BCUT2D eigenvalue weighted by atomic mass is 32.2. The summed E-state index contributed by atoms with van der Waals surface area (Å²) in [6.07, 6.45) is 0.103. The van der Waals surface area contributed by atoms with E-state index < -0.39 is 6.29 Å². The summed E-state index contributed by atoms with van der Waals surface area (Å²) >= 11 is 2.94. The van der Waals surface area contributed by atoms with E-state index in [0.717, 1.165) is 21.1 Å². The van der Waals surface area contributed by atoms with Gasteiger partial charge in [0.05, 0.1) is 30.6 Å². The van der Waals surface area contributed by atoms with Crippen molar-refractivity contribution in [2.75, 3.05) is 22.7 Å². The second-order valence-corrected chi connectivity index (χ2v) is 11.7. The van der Waals surface area contributed by atoms with Crippen molar-refractivity contribution in [2.45, 2.75) is 38.8 Å². The number of amidine groups is 1. The first-order valence-corrected chi connectivity index (χ1v) is 13.8. The summed E-state index contributed by atoms with van der Waals surface area (Å²) in [6.45, 7) is 4.56. The normalized spacial score (nSPS) is 19.5. The number of hydrazone groups is 1. The number of anilines is 2. The number of ether oxygens (including phenoxy) is 2. The number of hydrogen-bond acceptors (Lipinski definition) is 9. The van der Waals surface area contributed by atoms with Crippen molar-refractivity contribution in [3.63, 3.8) is 0 Å². The monoisotopic (exact) mass is 534 g/mol. The highest BCUT2D eigenvalue weighted by Gasteiger charge is 2.48. The topological polar surface area (TPSA) is 83.5 Å². The third-order valence-electron chi connectivity index (χ3n) is 6.67. The molecular formula is C27H26N4O4S2. The molecule has 0 saturated heterocycles. The highest BCUT2D eigenvalue weighted by Crippen LogP contribution is 2.48. The first-order chi connectivity index (χ1) is 17.9. The SMILES string of the molecule is COc1ccc(N2C(=O)c3c(sc4c3CC(C)(C)OC4)N3C(SCC(=O)c4ccccc4)=NNC23)cc1. The maximum Gasteiger partial charge on any atom is 0.264 e. The third kappa shape index (κ3) is 4.18. The van der Waals surface area contributed by atoms with Crippen LogP contribution >= 0.6 is 23.1 Å². The lowest BCUT2D eigenvalue weighted by Gasteiger charge is -2.40. The smallest absolute Gasteiger partial charge is 0.264 e. The predicted octanol–water partition coefficient (Wildman–Crippen LogP) is 4.85. The second-order valence-electron chi connectivity index (χ2n) is 9.63. The van der Waals surface area contributed by atoms with E-state index in [-0.39, 0.29) is 23.0 Å². The number of benzene rings is 2. The van der Waals surface area contributed by atoms with Crippen LogP contribution < -0.4 is 20.0 Å². The number of methoxy groups -OCH3 is 1. The molecule has 3 aliphatic rings. The lowest BCUT2D eigenvalue weighted by molar-refractivity contribution is -0.0383. The van der Waals surface area contributed by atoms with Crippen LogP contribution in [0.2, 0.25) is 0 Å². The van der Waals surface area contributed by atoms with Crippen LogP contribution in [0.5, 0.6) is 5.75 Å². The Kier molecular flexibility index (Phi) is 5.97. The predicted molar refractivity (Wildman–Crippen MR) is 147 cm³/mol. The highest BCUT2D eigenvalue weighted by molar-refractivity contribution is 8.14. The summed E-state index contributed by atoms with van der Waals surface area (Å²) in [5, 5.41) is 6.08. The molecule has 1 atom stereocenters. The van der Waals surface area contributed by atoms with E-state index in [4.69, 9.17) is 9.47 Å². The summed E-state index contributed by atoms with van der Waals surface area (Å²) in [5.41, 5.74) is 5.91. The number of nitrogens with zero attached hydrogens (tertiary/aromatic N) is 3. The van der Waals surface area contributed by atoms with Gasteiger partial charge < -0.3 is 9.47 Å². The molecule has 1 aromatic heterocycles. The van der Waals surface area contributed by atoms with Crippen molar-refractivity contribution in [2.24, 2.45) is 5.10 Å². The average Bonchev–Trinajstić information content (AvgIpc) is 3.49. The average molecular weight is 535 g/mol. The van der Waals surface area contributed by atoms with E-state index in [1.165, 1.54) is 11.8 Å². The summed E-state index contributed by atoms with van der Waals surface area (Å²) in [7, 11) is 1.61. The Hall–Kier alpha value is -3.34. The Morgan fingerprint density at radius 2 is 1.95 bits per heavy atom. The van der Waals surface area contributed by atoms with E-state index in [0.29, 0.717) is 35.1 Å². The lowest BCUT2D eigenvalue weighted by atomic mass is 9.92. The van der Waals surface area contributed by atoms with Crippen LogP contribution in [0.3, 0.4) is 0 Å². The quantitative estimate of drug-likeness (QED) is 0.469. The van der Waals surface area contributed by atoms with Crippen molar-refractivity contribution < 1.29 is 19.1 Å². The van der Waals surface area contributed by atoms with Crippen molar-refractivity contribution in [3.05, 3.63) is 76.2 Å². The third-order valence-corrected chi connectivity index (χ3v) is 8.83. The first-order valence-electron chi connectivity index (χ1n) is 12.0. The Morgan fingerprint density at radius 1 is 1.19 bits per heavy atom. The van der Waals surface area contributed by atoms with Gasteiger partial charge in [0.2, 0.25) is 6.29 Å². The molecule has 0 bridgehead atoms. The van der Waals surface area contributed by atoms with Gasteiger partial charge in [-0.2, -0.15) is 5.10 Å². The zero-order chi connectivity index (χ0) is 25.7. The number of thiophene rings is 1. The molecule has 4 heterocycles. The molecule has 0 saturated carbocycles. The van der Waals surface area contributed by atoms with Crippen LogP contribution in [0.15, 0.2) is 59.7 Å². The Balaban J connectivity index is 1.38. The molecule has 2 aromatic carbocycles. The van der Waals surface area contributed by atoms with E-state index in [9.17, 15) is 9.59 Å². The van der Waals surface area contributed by atoms with Crippen molar-refractivity contribution in [3.8, 4) is 5.75 Å². The number of ketones is 1. The number of hydrogen-bond donors (Lipinski definition) is 1. The van der Waals surface area contributed by atoms with Crippen LogP contribution in [0, 0.1) is 0 Å². The van der Waals surface area contributed by atoms with Gasteiger partial charge in [-0.15, -0.1) is 11.3 Å². The fourth-order valence-electron chi connectivity index (χ4n) is 4.80. The molecule has 0 aliphatic carbocycles. The van der Waals surface area contributed by atoms with E-state index in [2.05, 4.69) is 10.5 Å². The Labute approximate surface area is 223 Å². The van der Waals surface area contributed by atoms with Gasteiger partial charge in [0, 0.05) is 22.5 Å². The summed E-state index contributed by atoms with van der Waals surface area (Å²) in [5.74, 6) is 0.897. The maximum atomic E-state index is 14.1. The van der Waals surface area contributed by atoms with Gasteiger partial charge in [-0.25, -0.2) is 0 Å². The fraction of sp³-hybridized carbons (Fsp3) is 0.296. The number of rotatable bonds is 5. The summed E-state index contributed by atoms with van der Waals surface area (Å²) in [6, 6.07) is 16.7.